The fraction of sp³-hybridized carbons (Fsp3) is 0.207. The lowest BCUT2D eigenvalue weighted by molar-refractivity contribution is -0.120. The molecule has 0 saturated carbocycles. The van der Waals surface area contributed by atoms with Crippen LogP contribution in [0.2, 0.25) is 0 Å². The molecule has 4 aromatic rings. The molecule has 3 aromatic carbocycles. The summed E-state index contributed by atoms with van der Waals surface area (Å²) < 4.78 is 7.20. The summed E-state index contributed by atoms with van der Waals surface area (Å²) in [5.41, 5.74) is 9.46. The molecule has 1 amide bonds. The second-order valence-corrected chi connectivity index (χ2v) is 9.05. The zero-order valence-electron chi connectivity index (χ0n) is 21.2. The van der Waals surface area contributed by atoms with Gasteiger partial charge in [-0.3, -0.25) is 24.0 Å². The van der Waals surface area contributed by atoms with E-state index >= 15 is 0 Å². The SMILES string of the molecule is Cc1cc(C)c(OCC(=O)N(Cc2ccccc2)c2c(N)n(Cc3ccccc3)c(=O)[nH]c2=O)c(C)c1. The number of nitrogen functional groups attached to an aromatic ring is 1. The van der Waals surface area contributed by atoms with Crippen LogP contribution >= 0.6 is 0 Å². The van der Waals surface area contributed by atoms with Crippen molar-refractivity contribution in [3.8, 4) is 5.75 Å². The van der Waals surface area contributed by atoms with E-state index in [-0.39, 0.29) is 31.2 Å². The molecule has 0 radical (unpaired) electrons. The van der Waals surface area contributed by atoms with E-state index < -0.39 is 17.2 Å². The minimum Gasteiger partial charge on any atom is -0.483 e. The van der Waals surface area contributed by atoms with Gasteiger partial charge in [0.15, 0.2) is 12.3 Å². The van der Waals surface area contributed by atoms with E-state index in [0.29, 0.717) is 5.75 Å². The molecule has 0 atom stereocenters. The second kappa shape index (κ2) is 11.0. The molecular weight excluding hydrogens is 468 g/mol. The number of anilines is 2. The largest absolute Gasteiger partial charge is 0.483 e. The number of hydrogen-bond acceptors (Lipinski definition) is 5. The van der Waals surface area contributed by atoms with Gasteiger partial charge in [-0.25, -0.2) is 4.79 Å². The molecule has 8 heteroatoms. The van der Waals surface area contributed by atoms with E-state index in [1.807, 2.05) is 93.6 Å². The predicted octanol–water partition coefficient (Wildman–Crippen LogP) is 3.70. The van der Waals surface area contributed by atoms with Gasteiger partial charge in [-0.05, 0) is 43.0 Å². The van der Waals surface area contributed by atoms with Gasteiger partial charge in [0.1, 0.15) is 11.6 Å². The Kier molecular flexibility index (Phi) is 7.57. The number of hydrogen-bond donors (Lipinski definition) is 2. The summed E-state index contributed by atoms with van der Waals surface area (Å²) in [6.07, 6.45) is 0. The summed E-state index contributed by atoms with van der Waals surface area (Å²) >= 11 is 0. The molecule has 0 spiro atoms. The number of carbonyl (C=O) groups is 1. The molecule has 8 nitrogen and oxygen atoms in total. The highest BCUT2D eigenvalue weighted by molar-refractivity contribution is 5.96. The molecule has 1 heterocycles. The predicted molar refractivity (Wildman–Crippen MR) is 145 cm³/mol. The quantitative estimate of drug-likeness (QED) is 0.385. The van der Waals surface area contributed by atoms with Crippen molar-refractivity contribution >= 4 is 17.4 Å². The highest BCUT2D eigenvalue weighted by atomic mass is 16.5. The van der Waals surface area contributed by atoms with Crippen molar-refractivity contribution in [3.63, 3.8) is 0 Å². The second-order valence-electron chi connectivity index (χ2n) is 9.05. The highest BCUT2D eigenvalue weighted by Gasteiger charge is 2.25. The van der Waals surface area contributed by atoms with Crippen LogP contribution in [0.15, 0.2) is 82.4 Å². The number of carbonyl (C=O) groups excluding carboxylic acids is 1. The Hall–Kier alpha value is -4.59. The summed E-state index contributed by atoms with van der Waals surface area (Å²) in [7, 11) is 0. The third-order valence-corrected chi connectivity index (χ3v) is 6.10. The van der Waals surface area contributed by atoms with Gasteiger partial charge < -0.3 is 10.5 Å². The Morgan fingerprint density at radius 1 is 0.919 bits per heavy atom. The van der Waals surface area contributed by atoms with Crippen molar-refractivity contribution in [2.75, 3.05) is 17.2 Å². The Morgan fingerprint density at radius 2 is 1.49 bits per heavy atom. The molecule has 190 valence electrons. The maximum Gasteiger partial charge on any atom is 0.330 e. The standard InChI is InChI=1S/C29H30N4O4/c1-19-14-20(2)26(21(3)15-19)37-18-24(34)32(16-22-10-6-4-7-11-22)25-27(30)33(29(36)31-28(25)35)17-23-12-8-5-9-13-23/h4-15H,16-18,30H2,1-3H3,(H,31,35,36). The maximum absolute atomic E-state index is 13.6. The monoisotopic (exact) mass is 498 g/mol. The average molecular weight is 499 g/mol. The van der Waals surface area contributed by atoms with Gasteiger partial charge in [-0.2, -0.15) is 0 Å². The van der Waals surface area contributed by atoms with Gasteiger partial charge in [-0.15, -0.1) is 0 Å². The minimum atomic E-state index is -0.737. The van der Waals surface area contributed by atoms with Crippen LogP contribution in [0.5, 0.6) is 5.75 Å². The van der Waals surface area contributed by atoms with Crippen LogP contribution in [0.3, 0.4) is 0 Å². The van der Waals surface area contributed by atoms with Crippen molar-refractivity contribution in [1.29, 1.82) is 0 Å². The van der Waals surface area contributed by atoms with Gasteiger partial charge in [0, 0.05) is 0 Å². The fourth-order valence-electron chi connectivity index (χ4n) is 4.43. The van der Waals surface area contributed by atoms with E-state index in [1.165, 1.54) is 9.47 Å². The molecule has 1 aromatic heterocycles. The molecule has 0 bridgehead atoms. The van der Waals surface area contributed by atoms with Crippen LogP contribution in [0, 0.1) is 20.8 Å². The molecule has 0 fully saturated rings. The molecule has 0 saturated heterocycles. The summed E-state index contributed by atoms with van der Waals surface area (Å²) in [5.74, 6) is 0.0597. The number of aryl methyl sites for hydroxylation is 3. The van der Waals surface area contributed by atoms with Gasteiger partial charge in [0.05, 0.1) is 13.1 Å². The Bertz CT molecular complexity index is 1500. The van der Waals surface area contributed by atoms with Crippen molar-refractivity contribution in [1.82, 2.24) is 9.55 Å². The number of nitrogens with zero attached hydrogens (tertiary/aromatic N) is 2. The topological polar surface area (TPSA) is 110 Å². The van der Waals surface area contributed by atoms with E-state index in [9.17, 15) is 14.4 Å². The summed E-state index contributed by atoms with van der Waals surface area (Å²) in [6, 6.07) is 22.5. The van der Waals surface area contributed by atoms with Gasteiger partial charge >= 0.3 is 5.69 Å². The van der Waals surface area contributed by atoms with Gasteiger partial charge in [0.2, 0.25) is 0 Å². The van der Waals surface area contributed by atoms with Crippen LogP contribution in [-0.2, 0) is 17.9 Å². The molecular formula is C29H30N4O4. The number of nitrogens with one attached hydrogen (secondary N) is 1. The average Bonchev–Trinajstić information content (AvgIpc) is 2.86. The van der Waals surface area contributed by atoms with E-state index in [4.69, 9.17) is 10.5 Å². The first-order chi connectivity index (χ1) is 17.7. The van der Waals surface area contributed by atoms with Crippen molar-refractivity contribution in [2.24, 2.45) is 0 Å². The summed E-state index contributed by atoms with van der Waals surface area (Å²) in [5, 5.41) is 0. The first-order valence-electron chi connectivity index (χ1n) is 12.0. The zero-order chi connectivity index (χ0) is 26.5. The van der Waals surface area contributed by atoms with Crippen LogP contribution in [0.1, 0.15) is 27.8 Å². The molecule has 37 heavy (non-hydrogen) atoms. The lowest BCUT2D eigenvalue weighted by Crippen LogP contribution is -2.42. The van der Waals surface area contributed by atoms with Crippen molar-refractivity contribution in [2.45, 2.75) is 33.9 Å². The third kappa shape index (κ3) is 5.81. The number of aromatic nitrogens is 2. The molecule has 0 aliphatic carbocycles. The smallest absolute Gasteiger partial charge is 0.330 e. The first kappa shape index (κ1) is 25.5. The Labute approximate surface area is 215 Å². The van der Waals surface area contributed by atoms with Crippen molar-refractivity contribution in [3.05, 3.63) is 121 Å². The highest BCUT2D eigenvalue weighted by Crippen LogP contribution is 2.26. The lowest BCUT2D eigenvalue weighted by Gasteiger charge is -2.25. The van der Waals surface area contributed by atoms with E-state index in [0.717, 1.165) is 27.8 Å². The Balaban J connectivity index is 1.73. The van der Waals surface area contributed by atoms with Crippen LogP contribution in [0.4, 0.5) is 11.5 Å². The maximum atomic E-state index is 13.6. The van der Waals surface area contributed by atoms with Gasteiger partial charge in [-0.1, -0.05) is 78.4 Å². The molecule has 3 N–H and O–H groups in total. The summed E-state index contributed by atoms with van der Waals surface area (Å²) in [4.78, 5) is 42.9. The normalized spacial score (nSPS) is 10.8. The minimum absolute atomic E-state index is 0.0751. The number of ether oxygens (including phenoxy) is 1. The number of H-pyrrole nitrogens is 1. The molecule has 0 aliphatic heterocycles. The number of nitrogens with two attached hydrogens (primary N) is 1. The number of aromatic amines is 1. The van der Waals surface area contributed by atoms with Gasteiger partial charge in [0.25, 0.3) is 11.5 Å². The number of benzene rings is 3. The van der Waals surface area contributed by atoms with Crippen LogP contribution in [-0.4, -0.2) is 22.1 Å². The molecule has 0 unspecified atom stereocenters. The summed E-state index contributed by atoms with van der Waals surface area (Å²) in [6.45, 7) is 5.74. The Morgan fingerprint density at radius 3 is 2.08 bits per heavy atom. The van der Waals surface area contributed by atoms with Crippen LogP contribution < -0.4 is 26.6 Å². The molecule has 0 aliphatic rings. The lowest BCUT2D eigenvalue weighted by atomic mass is 10.1. The van der Waals surface area contributed by atoms with E-state index in [2.05, 4.69) is 4.98 Å². The zero-order valence-corrected chi connectivity index (χ0v) is 21.2. The third-order valence-electron chi connectivity index (χ3n) is 6.10. The number of amides is 1. The fourth-order valence-corrected chi connectivity index (χ4v) is 4.43. The number of rotatable bonds is 8. The van der Waals surface area contributed by atoms with Crippen molar-refractivity contribution < 1.29 is 9.53 Å². The van der Waals surface area contributed by atoms with E-state index in [1.54, 1.807) is 0 Å². The van der Waals surface area contributed by atoms with Crippen LogP contribution in [0.25, 0.3) is 0 Å². The molecule has 4 rings (SSSR count). The first-order valence-corrected chi connectivity index (χ1v) is 12.0.